The number of nitrogens with one attached hydrogen (secondary N) is 1. The van der Waals surface area contributed by atoms with Crippen molar-refractivity contribution >= 4 is 27.7 Å². The number of aryl methyl sites for hydroxylation is 1. The Kier molecular flexibility index (Phi) is 9.94. The van der Waals surface area contributed by atoms with Crippen LogP contribution in [0.1, 0.15) is 59.7 Å². The number of amides is 3. The van der Waals surface area contributed by atoms with Crippen molar-refractivity contribution in [2.75, 3.05) is 13.1 Å². The first kappa shape index (κ1) is 30.0. The first-order valence-corrected chi connectivity index (χ1v) is 15.5. The fraction of sp³-hybridized carbons (Fsp3) is 0.344. The third-order valence-electron chi connectivity index (χ3n) is 7.24. The Balaban J connectivity index is 1.55. The van der Waals surface area contributed by atoms with Gasteiger partial charge in [-0.2, -0.15) is 0 Å². The average molecular weight is 576 g/mol. The van der Waals surface area contributed by atoms with Gasteiger partial charge in [-0.3, -0.25) is 14.4 Å². The summed E-state index contributed by atoms with van der Waals surface area (Å²) in [4.78, 5) is 41.7. The predicted molar refractivity (Wildman–Crippen MR) is 157 cm³/mol. The van der Waals surface area contributed by atoms with Gasteiger partial charge < -0.3 is 10.2 Å². The smallest absolute Gasteiger partial charge is 0.269 e. The number of hydrogen-bond donors (Lipinski definition) is 1. The highest BCUT2D eigenvalue weighted by Gasteiger charge is 2.40. The van der Waals surface area contributed by atoms with Crippen LogP contribution in [-0.4, -0.2) is 54.5 Å². The van der Waals surface area contributed by atoms with Crippen molar-refractivity contribution in [3.63, 3.8) is 0 Å². The molecule has 0 unspecified atom stereocenters. The Bertz CT molecular complexity index is 1470. The van der Waals surface area contributed by atoms with Gasteiger partial charge in [0.15, 0.2) is 0 Å². The van der Waals surface area contributed by atoms with Gasteiger partial charge in [-0.1, -0.05) is 85.6 Å². The average Bonchev–Trinajstić information content (AvgIpc) is 3.17. The van der Waals surface area contributed by atoms with Crippen LogP contribution >= 0.6 is 0 Å². The zero-order chi connectivity index (χ0) is 29.4. The number of rotatable bonds is 13. The van der Waals surface area contributed by atoms with E-state index in [1.54, 1.807) is 17.0 Å². The maximum atomic E-state index is 13.8. The third kappa shape index (κ3) is 7.21. The largest absolute Gasteiger partial charge is 0.354 e. The summed E-state index contributed by atoms with van der Waals surface area (Å²) in [6.07, 6.45) is 2.21. The molecule has 9 heteroatoms. The fourth-order valence-corrected chi connectivity index (χ4v) is 6.53. The number of hydrogen-bond acceptors (Lipinski definition) is 5. The van der Waals surface area contributed by atoms with Crippen LogP contribution < -0.4 is 5.32 Å². The van der Waals surface area contributed by atoms with Gasteiger partial charge in [0, 0.05) is 32.5 Å². The van der Waals surface area contributed by atoms with E-state index in [1.165, 1.54) is 12.1 Å². The number of fused-ring (bicyclic) bond motifs is 1. The lowest BCUT2D eigenvalue weighted by Crippen LogP contribution is -2.50. The summed E-state index contributed by atoms with van der Waals surface area (Å²) in [7, 11) is -3.95. The lowest BCUT2D eigenvalue weighted by atomic mass is 10.0. The fourth-order valence-electron chi connectivity index (χ4n) is 4.92. The lowest BCUT2D eigenvalue weighted by molar-refractivity contribution is -0.141. The SMILES string of the molecule is CCCCNC(=O)[C@H](Cc1ccccc1)N(Cc1ccc(C)cc1)C(=O)CCCN1C(=O)c2ccccc2S1(=O)=O. The molecule has 0 saturated carbocycles. The van der Waals surface area contributed by atoms with Gasteiger partial charge >= 0.3 is 0 Å². The molecule has 0 fully saturated rings. The van der Waals surface area contributed by atoms with E-state index in [-0.39, 0.29) is 48.2 Å². The maximum absolute atomic E-state index is 13.8. The van der Waals surface area contributed by atoms with E-state index in [9.17, 15) is 22.8 Å². The summed E-state index contributed by atoms with van der Waals surface area (Å²) in [5, 5.41) is 3.00. The summed E-state index contributed by atoms with van der Waals surface area (Å²) < 4.78 is 26.8. The standard InChI is InChI=1S/C32H37N3O5S/c1-3-4-20-33-31(37)28(22-25-11-6-5-7-12-25)34(23-26-18-16-24(2)17-19-26)30(36)15-10-21-35-32(38)27-13-8-9-14-29(27)41(35,39)40/h5-9,11-14,16-19,28H,3-4,10,15,20-23H2,1-2H3,(H,33,37)/t28-/m0/s1. The first-order valence-electron chi connectivity index (χ1n) is 14.0. The van der Waals surface area contributed by atoms with Gasteiger partial charge in [0.2, 0.25) is 11.8 Å². The summed E-state index contributed by atoms with van der Waals surface area (Å²) >= 11 is 0. The van der Waals surface area contributed by atoms with E-state index in [0.29, 0.717) is 13.0 Å². The van der Waals surface area contributed by atoms with Gasteiger partial charge in [0.1, 0.15) is 10.9 Å². The summed E-state index contributed by atoms with van der Waals surface area (Å²) in [5.41, 5.74) is 3.04. The van der Waals surface area contributed by atoms with Gasteiger partial charge in [-0.25, -0.2) is 12.7 Å². The number of unbranched alkanes of at least 4 members (excludes halogenated alkanes) is 1. The number of carbonyl (C=O) groups excluding carboxylic acids is 3. The molecule has 0 aliphatic carbocycles. The van der Waals surface area contributed by atoms with Crippen molar-refractivity contribution in [2.24, 2.45) is 0 Å². The first-order chi connectivity index (χ1) is 19.7. The summed E-state index contributed by atoms with van der Waals surface area (Å²) in [6, 6.07) is 22.7. The molecule has 0 radical (unpaired) electrons. The number of benzene rings is 3. The van der Waals surface area contributed by atoms with Crippen molar-refractivity contribution in [3.05, 3.63) is 101 Å². The Morgan fingerprint density at radius 2 is 1.59 bits per heavy atom. The predicted octanol–water partition coefficient (Wildman–Crippen LogP) is 4.48. The van der Waals surface area contributed by atoms with Crippen molar-refractivity contribution in [2.45, 2.75) is 63.4 Å². The molecule has 0 spiro atoms. The normalized spacial score (nSPS) is 14.4. The molecule has 0 saturated heterocycles. The molecule has 1 N–H and O–H groups in total. The number of nitrogens with zero attached hydrogens (tertiary/aromatic N) is 2. The second kappa shape index (κ2) is 13.6. The monoisotopic (exact) mass is 575 g/mol. The van der Waals surface area contributed by atoms with Crippen molar-refractivity contribution in [3.8, 4) is 0 Å². The highest BCUT2D eigenvalue weighted by atomic mass is 32.2. The Labute approximate surface area is 242 Å². The molecule has 0 bridgehead atoms. The number of sulfonamides is 1. The maximum Gasteiger partial charge on any atom is 0.269 e. The van der Waals surface area contributed by atoms with Gasteiger partial charge in [0.25, 0.3) is 15.9 Å². The second-order valence-corrected chi connectivity index (χ2v) is 12.2. The van der Waals surface area contributed by atoms with Crippen LogP contribution in [0.25, 0.3) is 0 Å². The quantitative estimate of drug-likeness (QED) is 0.303. The van der Waals surface area contributed by atoms with Crippen LogP contribution in [0.4, 0.5) is 0 Å². The van der Waals surface area contributed by atoms with Crippen LogP contribution in [0.15, 0.2) is 83.8 Å². The molecule has 3 amide bonds. The van der Waals surface area contributed by atoms with Crippen molar-refractivity contribution < 1.29 is 22.8 Å². The Morgan fingerprint density at radius 1 is 0.902 bits per heavy atom. The lowest BCUT2D eigenvalue weighted by Gasteiger charge is -2.32. The zero-order valence-corrected chi connectivity index (χ0v) is 24.4. The minimum atomic E-state index is -3.95. The minimum Gasteiger partial charge on any atom is -0.354 e. The molecule has 41 heavy (non-hydrogen) atoms. The highest BCUT2D eigenvalue weighted by Crippen LogP contribution is 2.30. The molecule has 216 valence electrons. The third-order valence-corrected chi connectivity index (χ3v) is 9.08. The topological polar surface area (TPSA) is 104 Å². The van der Waals surface area contributed by atoms with Crippen LogP contribution in [0.5, 0.6) is 0 Å². The molecule has 3 aromatic rings. The summed E-state index contributed by atoms with van der Waals surface area (Å²) in [5.74, 6) is -1.09. The molecule has 8 nitrogen and oxygen atoms in total. The van der Waals surface area contributed by atoms with E-state index in [4.69, 9.17) is 0 Å². The van der Waals surface area contributed by atoms with E-state index in [0.717, 1.165) is 33.8 Å². The van der Waals surface area contributed by atoms with E-state index < -0.39 is 22.0 Å². The van der Waals surface area contributed by atoms with Gasteiger partial charge in [-0.15, -0.1) is 0 Å². The molecule has 1 aliphatic rings. The number of carbonyl (C=O) groups is 3. The van der Waals surface area contributed by atoms with Crippen LogP contribution in [-0.2, 0) is 32.6 Å². The van der Waals surface area contributed by atoms with Crippen molar-refractivity contribution in [1.82, 2.24) is 14.5 Å². The summed E-state index contributed by atoms with van der Waals surface area (Å²) in [6.45, 7) is 4.65. The molecule has 3 aromatic carbocycles. The zero-order valence-electron chi connectivity index (χ0n) is 23.6. The molecular formula is C32H37N3O5S. The van der Waals surface area contributed by atoms with Gasteiger partial charge in [0.05, 0.1) is 5.56 Å². The van der Waals surface area contributed by atoms with Crippen LogP contribution in [0.2, 0.25) is 0 Å². The second-order valence-electron chi connectivity index (χ2n) is 10.3. The van der Waals surface area contributed by atoms with Crippen LogP contribution in [0, 0.1) is 6.92 Å². The highest BCUT2D eigenvalue weighted by molar-refractivity contribution is 7.90. The molecule has 1 aliphatic heterocycles. The van der Waals surface area contributed by atoms with Crippen molar-refractivity contribution in [1.29, 1.82) is 0 Å². The molecule has 0 aromatic heterocycles. The minimum absolute atomic E-state index is 0.0102. The van der Waals surface area contributed by atoms with E-state index >= 15 is 0 Å². The molecule has 1 atom stereocenters. The van der Waals surface area contributed by atoms with E-state index in [1.807, 2.05) is 68.4 Å². The van der Waals surface area contributed by atoms with Crippen LogP contribution in [0.3, 0.4) is 0 Å². The Hall–Kier alpha value is -3.98. The molecule has 1 heterocycles. The molecular weight excluding hydrogens is 538 g/mol. The van der Waals surface area contributed by atoms with Gasteiger partial charge in [-0.05, 0) is 43.0 Å². The molecule has 4 rings (SSSR count). The Morgan fingerprint density at radius 3 is 2.27 bits per heavy atom. The van der Waals surface area contributed by atoms with E-state index in [2.05, 4.69) is 5.32 Å².